The fourth-order valence-corrected chi connectivity index (χ4v) is 2.32. The van der Waals surface area contributed by atoms with E-state index in [1.807, 2.05) is 30.3 Å². The molecule has 7 nitrogen and oxygen atoms in total. The van der Waals surface area contributed by atoms with Gasteiger partial charge in [0.2, 0.25) is 5.91 Å². The average Bonchev–Trinajstić information content (AvgIpc) is 3.11. The average molecular weight is 344 g/mol. The number of guanidine groups is 1. The summed E-state index contributed by atoms with van der Waals surface area (Å²) in [5.41, 5.74) is 1.65. The van der Waals surface area contributed by atoms with Gasteiger partial charge in [0, 0.05) is 33.5 Å². The number of benzene rings is 1. The number of nitrogens with one attached hydrogen (secondary N) is 3. The molecule has 0 aliphatic heterocycles. The van der Waals surface area contributed by atoms with Crippen LogP contribution in [0.1, 0.15) is 18.2 Å². The van der Waals surface area contributed by atoms with Crippen molar-refractivity contribution in [2.24, 2.45) is 4.99 Å². The summed E-state index contributed by atoms with van der Waals surface area (Å²) in [6.07, 6.45) is 2.45. The minimum Gasteiger partial charge on any atom is -0.495 e. The fraction of sp³-hybridized carbons (Fsp3) is 0.333. The van der Waals surface area contributed by atoms with Gasteiger partial charge in [-0.2, -0.15) is 0 Å². The minimum atomic E-state index is -0.140. The van der Waals surface area contributed by atoms with Crippen LogP contribution in [0.4, 0.5) is 5.69 Å². The Hall–Kier alpha value is -2.96. The summed E-state index contributed by atoms with van der Waals surface area (Å²) in [7, 11) is 3.29. The van der Waals surface area contributed by atoms with Crippen molar-refractivity contribution < 1.29 is 13.9 Å². The molecule has 2 rings (SSSR count). The van der Waals surface area contributed by atoms with Crippen LogP contribution in [0.5, 0.6) is 5.75 Å². The Morgan fingerprint density at radius 3 is 2.76 bits per heavy atom. The van der Waals surface area contributed by atoms with E-state index < -0.39 is 0 Å². The zero-order valence-corrected chi connectivity index (χ0v) is 14.8. The number of ether oxygens (including phenoxy) is 1. The molecule has 7 heteroatoms. The van der Waals surface area contributed by atoms with E-state index in [1.54, 1.807) is 20.4 Å². The highest BCUT2D eigenvalue weighted by Gasteiger charge is 2.07. The third-order valence-electron chi connectivity index (χ3n) is 3.50. The molecule has 1 aromatic heterocycles. The molecular weight excluding hydrogens is 320 g/mol. The number of hydrogen-bond acceptors (Lipinski definition) is 4. The predicted molar refractivity (Wildman–Crippen MR) is 97.9 cm³/mol. The largest absolute Gasteiger partial charge is 0.495 e. The summed E-state index contributed by atoms with van der Waals surface area (Å²) in [4.78, 5) is 15.5. The minimum absolute atomic E-state index is 0.140. The van der Waals surface area contributed by atoms with Crippen LogP contribution in [0.2, 0.25) is 0 Å². The standard InChI is InChI=1S/C18H24N4O3/c1-13(23)22-16-11-14(6-7-17(16)24-3)12-21-18(19-2)20-9-8-15-5-4-10-25-15/h4-7,10-11H,8-9,12H2,1-3H3,(H,22,23)(H2,19,20,21). The summed E-state index contributed by atoms with van der Waals surface area (Å²) < 4.78 is 10.6. The van der Waals surface area contributed by atoms with Crippen molar-refractivity contribution in [2.45, 2.75) is 19.9 Å². The molecule has 0 fully saturated rings. The lowest BCUT2D eigenvalue weighted by Gasteiger charge is -2.14. The van der Waals surface area contributed by atoms with Gasteiger partial charge in [-0.25, -0.2) is 0 Å². The SMILES string of the molecule is CN=C(NCCc1ccco1)NCc1ccc(OC)c(NC(C)=O)c1. The van der Waals surface area contributed by atoms with Gasteiger partial charge < -0.3 is 25.1 Å². The number of methoxy groups -OCH3 is 1. The van der Waals surface area contributed by atoms with Crippen LogP contribution >= 0.6 is 0 Å². The number of carbonyl (C=O) groups excluding carboxylic acids is 1. The normalized spacial score (nSPS) is 11.1. The number of aliphatic imine (C=N–C) groups is 1. The summed E-state index contributed by atoms with van der Waals surface area (Å²) in [6.45, 7) is 2.75. The first-order valence-electron chi connectivity index (χ1n) is 8.03. The third-order valence-corrected chi connectivity index (χ3v) is 3.50. The molecule has 0 saturated carbocycles. The Morgan fingerprint density at radius 1 is 1.28 bits per heavy atom. The van der Waals surface area contributed by atoms with Gasteiger partial charge in [0.05, 0.1) is 19.1 Å². The predicted octanol–water partition coefficient (Wildman–Crippen LogP) is 2.15. The maximum absolute atomic E-state index is 11.3. The van der Waals surface area contributed by atoms with E-state index in [0.29, 0.717) is 30.5 Å². The lowest BCUT2D eigenvalue weighted by Crippen LogP contribution is -2.37. The highest BCUT2D eigenvalue weighted by atomic mass is 16.5. The van der Waals surface area contributed by atoms with Gasteiger partial charge in [0.1, 0.15) is 11.5 Å². The fourth-order valence-electron chi connectivity index (χ4n) is 2.32. The molecule has 0 aliphatic carbocycles. The van der Waals surface area contributed by atoms with Gasteiger partial charge in [-0.1, -0.05) is 6.07 Å². The van der Waals surface area contributed by atoms with Crippen molar-refractivity contribution in [2.75, 3.05) is 26.0 Å². The lowest BCUT2D eigenvalue weighted by atomic mass is 10.2. The van der Waals surface area contributed by atoms with Crippen molar-refractivity contribution in [3.8, 4) is 5.75 Å². The molecule has 3 N–H and O–H groups in total. The number of hydrogen-bond donors (Lipinski definition) is 3. The molecule has 0 atom stereocenters. The van der Waals surface area contributed by atoms with Crippen LogP contribution in [-0.2, 0) is 17.8 Å². The van der Waals surface area contributed by atoms with E-state index in [1.165, 1.54) is 6.92 Å². The Bertz CT molecular complexity index is 711. The molecule has 1 heterocycles. The van der Waals surface area contributed by atoms with E-state index in [0.717, 1.165) is 17.7 Å². The van der Waals surface area contributed by atoms with Crippen molar-refractivity contribution in [1.82, 2.24) is 10.6 Å². The molecule has 1 amide bonds. The summed E-state index contributed by atoms with van der Waals surface area (Å²) in [5.74, 6) is 2.11. The number of anilines is 1. The molecular formula is C18H24N4O3. The van der Waals surface area contributed by atoms with Crippen LogP contribution < -0.4 is 20.7 Å². The maximum atomic E-state index is 11.3. The van der Waals surface area contributed by atoms with Crippen LogP contribution in [0.3, 0.4) is 0 Å². The molecule has 2 aromatic rings. The van der Waals surface area contributed by atoms with Gasteiger partial charge >= 0.3 is 0 Å². The quantitative estimate of drug-likeness (QED) is 0.529. The Labute approximate surface area is 147 Å². The van der Waals surface area contributed by atoms with Crippen LogP contribution in [-0.4, -0.2) is 32.6 Å². The first kappa shape index (κ1) is 18.4. The number of furan rings is 1. The number of rotatable bonds is 7. The number of carbonyl (C=O) groups is 1. The van der Waals surface area contributed by atoms with Crippen molar-refractivity contribution in [3.63, 3.8) is 0 Å². The molecule has 0 radical (unpaired) electrons. The second-order valence-electron chi connectivity index (χ2n) is 5.40. The third kappa shape index (κ3) is 5.87. The lowest BCUT2D eigenvalue weighted by molar-refractivity contribution is -0.114. The Balaban J connectivity index is 1.88. The second kappa shape index (κ2) is 9.36. The molecule has 25 heavy (non-hydrogen) atoms. The zero-order valence-electron chi connectivity index (χ0n) is 14.8. The second-order valence-corrected chi connectivity index (χ2v) is 5.40. The van der Waals surface area contributed by atoms with Gasteiger partial charge in [0.25, 0.3) is 0 Å². The van der Waals surface area contributed by atoms with E-state index in [2.05, 4.69) is 20.9 Å². The summed E-state index contributed by atoms with van der Waals surface area (Å²) in [5, 5.41) is 9.24. The van der Waals surface area contributed by atoms with Crippen LogP contribution in [0.25, 0.3) is 0 Å². The van der Waals surface area contributed by atoms with Gasteiger partial charge in [-0.15, -0.1) is 0 Å². The summed E-state index contributed by atoms with van der Waals surface area (Å²) in [6, 6.07) is 9.46. The van der Waals surface area contributed by atoms with Crippen molar-refractivity contribution >= 4 is 17.6 Å². The first-order chi connectivity index (χ1) is 12.1. The van der Waals surface area contributed by atoms with Crippen LogP contribution in [0.15, 0.2) is 46.0 Å². The molecule has 1 aromatic carbocycles. The number of nitrogens with zero attached hydrogens (tertiary/aromatic N) is 1. The first-order valence-corrected chi connectivity index (χ1v) is 8.03. The Kier molecular flexibility index (Phi) is 6.88. The van der Waals surface area contributed by atoms with Crippen molar-refractivity contribution in [1.29, 1.82) is 0 Å². The molecule has 134 valence electrons. The smallest absolute Gasteiger partial charge is 0.221 e. The van der Waals surface area contributed by atoms with E-state index in [9.17, 15) is 4.79 Å². The highest BCUT2D eigenvalue weighted by Crippen LogP contribution is 2.25. The molecule has 0 aliphatic rings. The van der Waals surface area contributed by atoms with Crippen molar-refractivity contribution in [3.05, 3.63) is 47.9 Å². The molecule has 0 saturated heterocycles. The van der Waals surface area contributed by atoms with E-state index in [4.69, 9.17) is 9.15 Å². The zero-order chi connectivity index (χ0) is 18.1. The maximum Gasteiger partial charge on any atom is 0.221 e. The van der Waals surface area contributed by atoms with E-state index >= 15 is 0 Å². The molecule has 0 bridgehead atoms. The topological polar surface area (TPSA) is 87.9 Å². The highest BCUT2D eigenvalue weighted by molar-refractivity contribution is 5.90. The van der Waals surface area contributed by atoms with Gasteiger partial charge in [0.15, 0.2) is 5.96 Å². The van der Waals surface area contributed by atoms with Gasteiger partial charge in [-0.3, -0.25) is 9.79 Å². The molecule has 0 spiro atoms. The molecule has 0 unspecified atom stereocenters. The van der Waals surface area contributed by atoms with E-state index in [-0.39, 0.29) is 5.91 Å². The summed E-state index contributed by atoms with van der Waals surface area (Å²) >= 11 is 0. The monoisotopic (exact) mass is 344 g/mol. The van der Waals surface area contributed by atoms with Gasteiger partial charge in [-0.05, 0) is 29.8 Å². The number of amides is 1. The van der Waals surface area contributed by atoms with Crippen LogP contribution in [0, 0.1) is 0 Å². The Morgan fingerprint density at radius 2 is 2.12 bits per heavy atom.